The number of carboxylic acids is 1. The number of rotatable bonds is 15. The van der Waals surface area contributed by atoms with Gasteiger partial charge < -0.3 is 9.84 Å². The zero-order valence-electron chi connectivity index (χ0n) is 20.0. The molecule has 1 aromatic rings. The normalized spacial score (nSPS) is 12.7. The van der Waals surface area contributed by atoms with E-state index in [1.807, 2.05) is 18.2 Å². The zero-order valence-corrected chi connectivity index (χ0v) is 20.0. The first kappa shape index (κ1) is 29.7. The van der Waals surface area contributed by atoms with Crippen molar-refractivity contribution >= 4 is 11.9 Å². The van der Waals surface area contributed by atoms with Crippen LogP contribution in [0.3, 0.4) is 0 Å². The highest BCUT2D eigenvalue weighted by Gasteiger charge is 2.32. The lowest BCUT2D eigenvalue weighted by molar-refractivity contribution is -0.139. The Morgan fingerprint density at radius 2 is 1.37 bits per heavy atom. The van der Waals surface area contributed by atoms with E-state index >= 15 is 0 Å². The Balaban J connectivity index is 2.28. The van der Waals surface area contributed by atoms with Crippen molar-refractivity contribution in [3.05, 3.63) is 90.1 Å². The molecular weight excluding hydrogens is 457 g/mol. The predicted molar refractivity (Wildman–Crippen MR) is 132 cm³/mol. The number of unbranched alkanes of at least 4 members (excludes halogenated alkanes) is 1. The number of allylic oxidation sites excluding steroid dienone is 10. The van der Waals surface area contributed by atoms with Gasteiger partial charge in [0.05, 0.1) is 5.56 Å². The molecule has 0 atom stereocenters. The number of ether oxygens (including phenoxy) is 1. The van der Waals surface area contributed by atoms with Gasteiger partial charge in [-0.3, -0.25) is 4.79 Å². The largest absolute Gasteiger partial charge is 0.478 e. The lowest BCUT2D eigenvalue weighted by Crippen LogP contribution is -2.13. The lowest BCUT2D eigenvalue weighted by atomic mass is 10.1. The smallest absolute Gasteiger partial charge is 0.416 e. The molecule has 1 N–H and O–H groups in total. The Morgan fingerprint density at radius 1 is 0.857 bits per heavy atom. The van der Waals surface area contributed by atoms with Crippen LogP contribution in [0.25, 0.3) is 0 Å². The molecule has 4 nitrogen and oxygen atoms in total. The fourth-order valence-corrected chi connectivity index (χ4v) is 2.87. The molecule has 1 rings (SSSR count). The van der Waals surface area contributed by atoms with Gasteiger partial charge >= 0.3 is 18.1 Å². The summed E-state index contributed by atoms with van der Waals surface area (Å²) in [5.41, 5.74) is -1.58. The molecule has 0 aliphatic heterocycles. The van der Waals surface area contributed by atoms with Crippen molar-refractivity contribution in [2.75, 3.05) is 0 Å². The van der Waals surface area contributed by atoms with Crippen LogP contribution in [0.15, 0.2) is 79.0 Å². The molecule has 190 valence electrons. The SMILES string of the molecule is CC/C=C\C/C=C\C/C=C\C/C=C\C/C=C\CCCC(=O)Oc1cc(C(F)(F)F)ccc1C(=O)O. The van der Waals surface area contributed by atoms with E-state index < -0.39 is 35.0 Å². The highest BCUT2D eigenvalue weighted by atomic mass is 19.4. The minimum Gasteiger partial charge on any atom is -0.478 e. The van der Waals surface area contributed by atoms with E-state index in [1.165, 1.54) is 0 Å². The molecule has 0 saturated heterocycles. The Hall–Kier alpha value is -3.35. The van der Waals surface area contributed by atoms with Crippen molar-refractivity contribution in [3.63, 3.8) is 0 Å². The summed E-state index contributed by atoms with van der Waals surface area (Å²) < 4.78 is 43.5. The second kappa shape index (κ2) is 17.1. The summed E-state index contributed by atoms with van der Waals surface area (Å²) in [6.07, 6.45) is 21.7. The topological polar surface area (TPSA) is 63.6 Å². The average Bonchev–Trinajstić information content (AvgIpc) is 2.80. The molecule has 0 unspecified atom stereocenters. The highest BCUT2D eigenvalue weighted by molar-refractivity contribution is 5.92. The number of alkyl halides is 3. The first-order chi connectivity index (χ1) is 16.8. The Bertz CT molecular complexity index is 938. The molecule has 0 saturated carbocycles. The van der Waals surface area contributed by atoms with E-state index in [-0.39, 0.29) is 6.42 Å². The number of carbonyl (C=O) groups excluding carboxylic acids is 1. The molecule has 0 radical (unpaired) electrons. The van der Waals surface area contributed by atoms with E-state index in [0.717, 1.165) is 38.2 Å². The van der Waals surface area contributed by atoms with E-state index in [2.05, 4.69) is 49.5 Å². The van der Waals surface area contributed by atoms with Crippen molar-refractivity contribution in [3.8, 4) is 5.75 Å². The summed E-state index contributed by atoms with van der Waals surface area (Å²) in [5, 5.41) is 9.11. The van der Waals surface area contributed by atoms with Crippen LogP contribution in [-0.2, 0) is 11.0 Å². The molecule has 0 spiro atoms. The number of carboxylic acid groups (broad SMARTS) is 1. The highest BCUT2D eigenvalue weighted by Crippen LogP contribution is 2.33. The van der Waals surface area contributed by atoms with Crippen molar-refractivity contribution in [2.24, 2.45) is 0 Å². The maximum atomic E-state index is 12.9. The standard InChI is InChI=1S/C28H33F3O4/c1-2-3-4-5-6-7-8-9-10-11-12-13-14-15-16-17-18-19-26(32)35-25-22-23(28(29,30)31)20-21-24(25)27(33)34/h3-4,6-7,9-10,12-13,15-16,20-22H,2,5,8,11,14,17-19H2,1H3,(H,33,34)/b4-3-,7-6-,10-9-,13-12-,16-15-. The predicted octanol–water partition coefficient (Wildman–Crippen LogP) is 8.23. The first-order valence-electron chi connectivity index (χ1n) is 11.7. The molecule has 0 aromatic heterocycles. The number of carbonyl (C=O) groups is 2. The zero-order chi connectivity index (χ0) is 25.9. The quantitative estimate of drug-likeness (QED) is 0.116. The van der Waals surface area contributed by atoms with E-state index in [1.54, 1.807) is 0 Å². The average molecular weight is 491 g/mol. The third kappa shape index (κ3) is 13.8. The van der Waals surface area contributed by atoms with E-state index in [4.69, 9.17) is 9.84 Å². The van der Waals surface area contributed by atoms with Crippen molar-refractivity contribution < 1.29 is 32.6 Å². The third-order valence-electron chi connectivity index (χ3n) is 4.67. The number of hydrogen-bond acceptors (Lipinski definition) is 3. The first-order valence-corrected chi connectivity index (χ1v) is 11.7. The molecule has 7 heteroatoms. The van der Waals surface area contributed by atoms with E-state index in [9.17, 15) is 22.8 Å². The van der Waals surface area contributed by atoms with E-state index in [0.29, 0.717) is 25.0 Å². The summed E-state index contributed by atoms with van der Waals surface area (Å²) in [7, 11) is 0. The van der Waals surface area contributed by atoms with Gasteiger partial charge in [-0.15, -0.1) is 0 Å². The molecule has 0 bridgehead atoms. The van der Waals surface area contributed by atoms with Gasteiger partial charge in [0, 0.05) is 6.42 Å². The minimum absolute atomic E-state index is 0.0381. The van der Waals surface area contributed by atoms with Gasteiger partial charge in [-0.25, -0.2) is 4.79 Å². The fourth-order valence-electron chi connectivity index (χ4n) is 2.87. The fraction of sp³-hybridized carbons (Fsp3) is 0.357. The van der Waals surface area contributed by atoms with Crippen LogP contribution in [0.5, 0.6) is 5.75 Å². The summed E-state index contributed by atoms with van der Waals surface area (Å²) in [5.74, 6) is -2.85. The Labute approximate surface area is 205 Å². The molecule has 0 fully saturated rings. The third-order valence-corrected chi connectivity index (χ3v) is 4.67. The molecule has 0 aliphatic rings. The maximum absolute atomic E-state index is 12.9. The maximum Gasteiger partial charge on any atom is 0.416 e. The van der Waals surface area contributed by atoms with Crippen molar-refractivity contribution in [1.82, 2.24) is 0 Å². The Kier molecular flexibility index (Phi) is 14.5. The summed E-state index contributed by atoms with van der Waals surface area (Å²) in [4.78, 5) is 23.2. The van der Waals surface area contributed by atoms with Crippen molar-refractivity contribution in [1.29, 1.82) is 0 Å². The molecular formula is C28H33F3O4. The molecule has 0 heterocycles. The van der Waals surface area contributed by atoms with Crippen LogP contribution in [0, 0.1) is 0 Å². The van der Waals surface area contributed by atoms with Crippen LogP contribution in [-0.4, -0.2) is 17.0 Å². The molecule has 0 amide bonds. The second-order valence-corrected chi connectivity index (χ2v) is 7.59. The summed E-state index contributed by atoms with van der Waals surface area (Å²) >= 11 is 0. The number of halogens is 3. The van der Waals surface area contributed by atoms with Gasteiger partial charge in [0.2, 0.25) is 0 Å². The van der Waals surface area contributed by atoms with Gasteiger partial charge in [0.1, 0.15) is 11.3 Å². The van der Waals surface area contributed by atoms with Gasteiger partial charge in [0.15, 0.2) is 0 Å². The molecule has 1 aromatic carbocycles. The van der Waals surface area contributed by atoms with Crippen LogP contribution >= 0.6 is 0 Å². The van der Waals surface area contributed by atoms with Crippen LogP contribution in [0.4, 0.5) is 13.2 Å². The number of benzene rings is 1. The summed E-state index contributed by atoms with van der Waals surface area (Å²) in [6.45, 7) is 2.11. The summed E-state index contributed by atoms with van der Waals surface area (Å²) in [6, 6.07) is 1.96. The van der Waals surface area contributed by atoms with Crippen LogP contribution < -0.4 is 4.74 Å². The lowest BCUT2D eigenvalue weighted by Gasteiger charge is -2.11. The number of esters is 1. The van der Waals surface area contributed by atoms with Crippen molar-refractivity contribution in [2.45, 2.75) is 64.5 Å². The minimum atomic E-state index is -4.67. The van der Waals surface area contributed by atoms with Gasteiger partial charge in [-0.05, 0) is 63.1 Å². The van der Waals surface area contributed by atoms with Crippen LogP contribution in [0.2, 0.25) is 0 Å². The van der Waals surface area contributed by atoms with Gasteiger partial charge in [-0.2, -0.15) is 13.2 Å². The molecule has 35 heavy (non-hydrogen) atoms. The number of aromatic carboxylic acids is 1. The van der Waals surface area contributed by atoms with Gasteiger partial charge in [-0.1, -0.05) is 67.7 Å². The van der Waals surface area contributed by atoms with Crippen LogP contribution in [0.1, 0.15) is 74.2 Å². The van der Waals surface area contributed by atoms with Gasteiger partial charge in [0.25, 0.3) is 0 Å². The Morgan fingerprint density at radius 3 is 1.86 bits per heavy atom. The molecule has 0 aliphatic carbocycles. The second-order valence-electron chi connectivity index (χ2n) is 7.59. The number of hydrogen-bond donors (Lipinski definition) is 1. The monoisotopic (exact) mass is 490 g/mol.